The van der Waals surface area contributed by atoms with Gasteiger partial charge in [-0.05, 0) is 72.4 Å². The highest BCUT2D eigenvalue weighted by Crippen LogP contribution is 2.36. The van der Waals surface area contributed by atoms with Crippen LogP contribution in [0.3, 0.4) is 0 Å². The van der Waals surface area contributed by atoms with E-state index in [4.69, 9.17) is 11.6 Å². The lowest BCUT2D eigenvalue weighted by atomic mass is 9.99. The van der Waals surface area contributed by atoms with Gasteiger partial charge in [0.1, 0.15) is 17.7 Å². The summed E-state index contributed by atoms with van der Waals surface area (Å²) < 4.78 is 32.3. The van der Waals surface area contributed by atoms with Gasteiger partial charge in [0, 0.05) is 28.2 Å². The number of nitrogens with one attached hydrogen (secondary N) is 1. The van der Waals surface area contributed by atoms with E-state index in [1.54, 1.807) is 19.1 Å². The molecule has 3 aromatic carbocycles. The number of carbonyl (C=O) groups is 2. The molecule has 36 heavy (non-hydrogen) atoms. The van der Waals surface area contributed by atoms with Gasteiger partial charge in [-0.15, -0.1) is 5.10 Å². The number of amides is 2. The molecule has 2 amide bonds. The van der Waals surface area contributed by atoms with Crippen molar-refractivity contribution >= 4 is 40.6 Å². The number of nitrogens with zero attached hydrogens (tertiary/aromatic N) is 3. The van der Waals surface area contributed by atoms with Crippen LogP contribution in [-0.2, 0) is 11.3 Å². The fourth-order valence-electron chi connectivity index (χ4n) is 3.76. The fraction of sp³-hybridized carbons (Fsp3) is 0.154. The number of benzene rings is 3. The molecule has 0 aliphatic carbocycles. The lowest BCUT2D eigenvalue weighted by Crippen LogP contribution is -2.45. The van der Waals surface area contributed by atoms with E-state index in [9.17, 15) is 14.0 Å². The van der Waals surface area contributed by atoms with E-state index in [1.165, 1.54) is 52.7 Å². The number of hydrogen-bond donors (Lipinski definition) is 1. The molecule has 4 rings (SSSR count). The van der Waals surface area contributed by atoms with Gasteiger partial charge in [0.05, 0.1) is 0 Å². The Hall–Kier alpha value is -3.69. The first-order valence-electron chi connectivity index (χ1n) is 10.9. The molecule has 0 spiro atoms. The van der Waals surface area contributed by atoms with Crippen molar-refractivity contribution in [1.82, 2.24) is 14.9 Å². The van der Waals surface area contributed by atoms with Crippen LogP contribution in [0.4, 0.5) is 14.5 Å². The Bertz CT molecular complexity index is 1380. The number of halogens is 3. The third-order valence-electron chi connectivity index (χ3n) is 5.58. The van der Waals surface area contributed by atoms with Crippen LogP contribution in [0.25, 0.3) is 0 Å². The topological polar surface area (TPSA) is 75.2 Å². The van der Waals surface area contributed by atoms with E-state index >= 15 is 4.39 Å². The zero-order chi connectivity index (χ0) is 25.8. The summed E-state index contributed by atoms with van der Waals surface area (Å²) in [5, 5.41) is 8.06. The summed E-state index contributed by atoms with van der Waals surface area (Å²) in [7, 11) is 0. The molecule has 1 heterocycles. The van der Waals surface area contributed by atoms with Crippen molar-refractivity contribution in [2.24, 2.45) is 0 Å². The van der Waals surface area contributed by atoms with Crippen LogP contribution in [0.1, 0.15) is 38.8 Å². The molecule has 4 aromatic rings. The van der Waals surface area contributed by atoms with E-state index in [2.05, 4.69) is 14.9 Å². The Kier molecular flexibility index (Phi) is 7.71. The summed E-state index contributed by atoms with van der Waals surface area (Å²) in [6, 6.07) is 13.6. The summed E-state index contributed by atoms with van der Waals surface area (Å²) in [4.78, 5) is 28.7. The van der Waals surface area contributed by atoms with Crippen molar-refractivity contribution in [1.29, 1.82) is 0 Å². The average Bonchev–Trinajstić information content (AvgIpc) is 3.39. The number of anilines is 1. The molecule has 1 aromatic heterocycles. The second-order valence-electron chi connectivity index (χ2n) is 8.14. The molecule has 1 atom stereocenters. The zero-order valence-electron chi connectivity index (χ0n) is 19.3. The molecule has 0 bridgehead atoms. The van der Waals surface area contributed by atoms with Gasteiger partial charge in [-0.1, -0.05) is 46.4 Å². The van der Waals surface area contributed by atoms with Crippen LogP contribution in [0.15, 0.2) is 66.0 Å². The second-order valence-corrected chi connectivity index (χ2v) is 9.15. The van der Waals surface area contributed by atoms with Crippen LogP contribution in [0.2, 0.25) is 5.02 Å². The molecule has 0 aliphatic rings. The highest BCUT2D eigenvalue weighted by atomic mass is 35.5. The van der Waals surface area contributed by atoms with Crippen LogP contribution >= 0.6 is 23.1 Å². The Labute approximate surface area is 215 Å². The molecule has 184 valence electrons. The standard InChI is InChI=1S/C26H21ClF2N4O2S/c1-15-6-7-16(2)22(12-15)33(26(35)21-14-36-32-31-21)24(23-19(27)4-3-5-20(23)29)25(34)30-13-17-8-10-18(28)11-9-17/h3-12,14,24H,13H2,1-2H3,(H,30,34)/t24-/m0/s1. The van der Waals surface area contributed by atoms with Crippen molar-refractivity contribution in [3.63, 3.8) is 0 Å². The van der Waals surface area contributed by atoms with Crippen molar-refractivity contribution in [2.75, 3.05) is 4.90 Å². The Balaban J connectivity index is 1.86. The third kappa shape index (κ3) is 5.42. The first-order chi connectivity index (χ1) is 17.3. The predicted molar refractivity (Wildman–Crippen MR) is 135 cm³/mol. The molecular weight excluding hydrogens is 506 g/mol. The quantitative estimate of drug-likeness (QED) is 0.331. The normalized spacial score (nSPS) is 11.7. The Morgan fingerprint density at radius 1 is 1.08 bits per heavy atom. The van der Waals surface area contributed by atoms with Crippen LogP contribution < -0.4 is 10.2 Å². The number of aryl methyl sites for hydroxylation is 2. The molecule has 0 saturated heterocycles. The van der Waals surface area contributed by atoms with Crippen LogP contribution in [-0.4, -0.2) is 21.4 Å². The van der Waals surface area contributed by atoms with E-state index < -0.39 is 29.5 Å². The summed E-state index contributed by atoms with van der Waals surface area (Å²) in [6.45, 7) is 3.65. The Morgan fingerprint density at radius 3 is 2.50 bits per heavy atom. The minimum Gasteiger partial charge on any atom is -0.350 e. The smallest absolute Gasteiger partial charge is 0.280 e. The minimum absolute atomic E-state index is 0.00435. The summed E-state index contributed by atoms with van der Waals surface area (Å²) in [5.41, 5.74) is 2.37. The largest absolute Gasteiger partial charge is 0.350 e. The highest BCUT2D eigenvalue weighted by Gasteiger charge is 2.38. The van der Waals surface area contributed by atoms with Gasteiger partial charge in [-0.25, -0.2) is 8.78 Å². The molecule has 0 unspecified atom stereocenters. The van der Waals surface area contributed by atoms with E-state index in [1.807, 2.05) is 13.0 Å². The monoisotopic (exact) mass is 526 g/mol. The lowest BCUT2D eigenvalue weighted by Gasteiger charge is -2.32. The van der Waals surface area contributed by atoms with E-state index in [-0.39, 0.29) is 22.8 Å². The average molecular weight is 527 g/mol. The first kappa shape index (κ1) is 25.4. The second kappa shape index (κ2) is 10.9. The number of aromatic nitrogens is 2. The minimum atomic E-state index is -1.48. The molecule has 0 fully saturated rings. The van der Waals surface area contributed by atoms with Crippen LogP contribution in [0.5, 0.6) is 0 Å². The zero-order valence-corrected chi connectivity index (χ0v) is 20.9. The van der Waals surface area contributed by atoms with Crippen molar-refractivity contribution in [2.45, 2.75) is 26.4 Å². The molecule has 6 nitrogen and oxygen atoms in total. The van der Waals surface area contributed by atoms with Crippen molar-refractivity contribution in [3.8, 4) is 0 Å². The molecule has 0 aliphatic heterocycles. The van der Waals surface area contributed by atoms with Gasteiger partial charge in [0.15, 0.2) is 5.69 Å². The number of rotatable bonds is 7. The summed E-state index contributed by atoms with van der Waals surface area (Å²) in [6.07, 6.45) is 0. The Morgan fingerprint density at radius 2 is 1.83 bits per heavy atom. The van der Waals surface area contributed by atoms with Gasteiger partial charge >= 0.3 is 0 Å². The third-order valence-corrected chi connectivity index (χ3v) is 6.42. The van der Waals surface area contributed by atoms with E-state index in [0.717, 1.165) is 17.1 Å². The number of hydrogen-bond acceptors (Lipinski definition) is 5. The van der Waals surface area contributed by atoms with E-state index in [0.29, 0.717) is 16.8 Å². The molecule has 10 heteroatoms. The predicted octanol–water partition coefficient (Wildman–Crippen LogP) is 5.79. The highest BCUT2D eigenvalue weighted by molar-refractivity contribution is 7.03. The molecule has 0 radical (unpaired) electrons. The maximum Gasteiger partial charge on any atom is 0.280 e. The molecule has 1 N–H and O–H groups in total. The number of carbonyl (C=O) groups excluding carboxylic acids is 2. The van der Waals surface area contributed by atoms with Crippen LogP contribution in [0, 0.1) is 25.5 Å². The van der Waals surface area contributed by atoms with Gasteiger partial charge in [-0.3, -0.25) is 14.5 Å². The van der Waals surface area contributed by atoms with Crippen molar-refractivity contribution < 1.29 is 18.4 Å². The fourth-order valence-corrected chi connectivity index (χ4v) is 4.46. The maximum absolute atomic E-state index is 15.3. The molecule has 0 saturated carbocycles. The van der Waals surface area contributed by atoms with Gasteiger partial charge in [0.25, 0.3) is 5.91 Å². The van der Waals surface area contributed by atoms with Crippen molar-refractivity contribution in [3.05, 3.63) is 111 Å². The lowest BCUT2D eigenvalue weighted by molar-refractivity contribution is -0.122. The van der Waals surface area contributed by atoms with Gasteiger partial charge < -0.3 is 5.32 Å². The molecular formula is C26H21ClF2N4O2S. The first-order valence-corrected chi connectivity index (χ1v) is 12.1. The van der Waals surface area contributed by atoms with Gasteiger partial charge in [0.2, 0.25) is 5.91 Å². The summed E-state index contributed by atoms with van der Waals surface area (Å²) in [5.74, 6) is -2.48. The maximum atomic E-state index is 15.3. The summed E-state index contributed by atoms with van der Waals surface area (Å²) >= 11 is 7.39. The van der Waals surface area contributed by atoms with Gasteiger partial charge in [-0.2, -0.15) is 0 Å². The SMILES string of the molecule is Cc1ccc(C)c(N(C(=O)c2csnn2)[C@H](C(=O)NCc2ccc(F)cc2)c2c(F)cccc2Cl)c1.